The molecule has 0 unspecified atom stereocenters. The third-order valence-corrected chi connectivity index (χ3v) is 5.24. The van der Waals surface area contributed by atoms with Crippen LogP contribution >= 0.6 is 0 Å². The number of hydrogen-bond donors (Lipinski definition) is 2. The highest BCUT2D eigenvalue weighted by molar-refractivity contribution is 5.43. The lowest BCUT2D eigenvalue weighted by Crippen LogP contribution is -2.55. The van der Waals surface area contributed by atoms with Crippen molar-refractivity contribution < 1.29 is 14.6 Å². The minimum Gasteiger partial charge on any atom is -0.395 e. The molecule has 15 heteroatoms. The highest BCUT2D eigenvalue weighted by Crippen LogP contribution is 2.14. The van der Waals surface area contributed by atoms with Gasteiger partial charge < -0.3 is 29.7 Å². The first-order valence-electron chi connectivity index (χ1n) is 12.6. The third-order valence-electron chi connectivity index (χ3n) is 5.24. The summed E-state index contributed by atoms with van der Waals surface area (Å²) in [4.78, 5) is 55.1. The molecule has 0 aliphatic carbocycles. The number of aromatic nitrogens is 6. The average Bonchev–Trinajstić information content (AvgIpc) is 2.86. The number of nitrogens with zero attached hydrogens (tertiary/aromatic N) is 8. The lowest BCUT2D eigenvalue weighted by molar-refractivity contribution is 0.0702. The Labute approximate surface area is 221 Å². The van der Waals surface area contributed by atoms with Crippen molar-refractivity contribution in [3.63, 3.8) is 0 Å². The van der Waals surface area contributed by atoms with Crippen LogP contribution < -0.4 is 32.2 Å². The monoisotopic (exact) mass is 539 g/mol. The summed E-state index contributed by atoms with van der Waals surface area (Å²) in [6.45, 7) is 7.97. The summed E-state index contributed by atoms with van der Waals surface area (Å²) in [5, 5.41) is 12.5. The van der Waals surface area contributed by atoms with E-state index in [2.05, 4.69) is 34.1 Å². The second kappa shape index (κ2) is 14.6. The van der Waals surface area contributed by atoms with Crippen LogP contribution in [0.1, 0.15) is 27.7 Å². The molecule has 0 aromatic carbocycles. The van der Waals surface area contributed by atoms with Gasteiger partial charge in [-0.1, -0.05) is 13.8 Å². The molecule has 2 aromatic rings. The van der Waals surface area contributed by atoms with Crippen LogP contribution in [-0.4, -0.2) is 94.1 Å². The molecule has 0 spiro atoms. The lowest BCUT2D eigenvalue weighted by atomic mass is 10.2. The van der Waals surface area contributed by atoms with Crippen LogP contribution in [0.5, 0.6) is 0 Å². The Hall–Kier alpha value is -3.30. The van der Waals surface area contributed by atoms with Crippen LogP contribution in [0.25, 0.3) is 0 Å². The van der Waals surface area contributed by atoms with Crippen LogP contribution in [0.4, 0.5) is 17.8 Å². The quantitative estimate of drug-likeness (QED) is 0.198. The van der Waals surface area contributed by atoms with Crippen molar-refractivity contribution >= 4 is 17.8 Å². The minimum absolute atomic E-state index is 0.00336. The fourth-order valence-corrected chi connectivity index (χ4v) is 3.25. The molecular weight excluding hydrogens is 498 g/mol. The highest BCUT2D eigenvalue weighted by Gasteiger charge is 2.16. The van der Waals surface area contributed by atoms with E-state index in [0.717, 1.165) is 13.7 Å². The zero-order chi connectivity index (χ0) is 28.4. The maximum absolute atomic E-state index is 12.9. The molecule has 0 amide bonds. The summed E-state index contributed by atoms with van der Waals surface area (Å²) >= 11 is 0. The molecule has 2 aromatic heterocycles. The van der Waals surface area contributed by atoms with Crippen molar-refractivity contribution in [1.82, 2.24) is 28.7 Å². The average molecular weight is 540 g/mol. The van der Waals surface area contributed by atoms with Gasteiger partial charge >= 0.3 is 17.1 Å². The standard InChI is InChI=1S/C23H41N9O6/c1-16(2)14-24-18-25-19(28(5)6)27-20(26-18)29(7)15-37-12-9-31-21(34)30(8-11-33)22(35)32(23(31)36)10-13-38-17(3)4/h16-17,33H,8-15H2,1-7H3,(H,24,25,26,27). The summed E-state index contributed by atoms with van der Waals surface area (Å²) < 4.78 is 13.9. The van der Waals surface area contributed by atoms with Gasteiger partial charge in [-0.15, -0.1) is 0 Å². The number of nitrogens with one attached hydrogen (secondary N) is 1. The summed E-state index contributed by atoms with van der Waals surface area (Å²) in [5.74, 6) is 1.71. The van der Waals surface area contributed by atoms with Gasteiger partial charge in [0.15, 0.2) is 0 Å². The van der Waals surface area contributed by atoms with Gasteiger partial charge in [0.1, 0.15) is 6.73 Å². The number of rotatable bonds is 16. The van der Waals surface area contributed by atoms with E-state index in [1.54, 1.807) is 16.8 Å². The fraction of sp³-hybridized carbons (Fsp3) is 0.739. The van der Waals surface area contributed by atoms with Crippen LogP contribution in [-0.2, 0) is 29.1 Å². The molecule has 38 heavy (non-hydrogen) atoms. The zero-order valence-electron chi connectivity index (χ0n) is 23.4. The summed E-state index contributed by atoms with van der Waals surface area (Å²) in [7, 11) is 5.41. The fourth-order valence-electron chi connectivity index (χ4n) is 3.25. The lowest BCUT2D eigenvalue weighted by Gasteiger charge is -2.20. The van der Waals surface area contributed by atoms with Gasteiger partial charge in [0.2, 0.25) is 17.8 Å². The van der Waals surface area contributed by atoms with E-state index < -0.39 is 23.7 Å². The molecule has 0 radical (unpaired) electrons. The Kier molecular flexibility index (Phi) is 11.9. The van der Waals surface area contributed by atoms with E-state index in [1.807, 2.05) is 27.9 Å². The molecule has 0 aliphatic rings. The van der Waals surface area contributed by atoms with Gasteiger partial charge in [0.25, 0.3) is 0 Å². The van der Waals surface area contributed by atoms with Crippen LogP contribution in [0.2, 0.25) is 0 Å². The molecule has 2 rings (SSSR count). The summed E-state index contributed by atoms with van der Waals surface area (Å²) in [6, 6.07) is 0. The smallest absolute Gasteiger partial charge is 0.336 e. The van der Waals surface area contributed by atoms with Crippen molar-refractivity contribution in [3.8, 4) is 0 Å². The number of ether oxygens (including phenoxy) is 2. The molecule has 0 fully saturated rings. The van der Waals surface area contributed by atoms with Gasteiger partial charge in [-0.05, 0) is 19.8 Å². The predicted molar refractivity (Wildman–Crippen MR) is 144 cm³/mol. The maximum atomic E-state index is 12.9. The van der Waals surface area contributed by atoms with Gasteiger partial charge in [0.05, 0.1) is 45.6 Å². The second-order valence-electron chi connectivity index (χ2n) is 9.61. The number of hydrogen-bond acceptors (Lipinski definition) is 12. The molecule has 0 saturated carbocycles. The second-order valence-corrected chi connectivity index (χ2v) is 9.61. The van der Waals surface area contributed by atoms with Crippen molar-refractivity contribution in [2.75, 3.05) is 69.4 Å². The predicted octanol–water partition coefficient (Wildman–Crippen LogP) is -0.982. The SMILES string of the molecule is CC(C)CNc1nc(N(C)C)nc(N(C)COCCn2c(=O)n(CCO)c(=O)n(CCOC(C)C)c2=O)n1. The van der Waals surface area contributed by atoms with Crippen LogP contribution in [0.3, 0.4) is 0 Å². The van der Waals surface area contributed by atoms with E-state index in [-0.39, 0.29) is 45.7 Å². The first-order chi connectivity index (χ1) is 18.0. The minimum atomic E-state index is -0.805. The molecule has 0 bridgehead atoms. The Bertz CT molecular complexity index is 1210. The molecule has 2 N–H and O–H groups in total. The van der Waals surface area contributed by atoms with E-state index in [1.165, 1.54) is 0 Å². The summed E-state index contributed by atoms with van der Waals surface area (Å²) in [6.07, 6.45) is -0.0816. The normalized spacial score (nSPS) is 11.4. The van der Waals surface area contributed by atoms with Crippen molar-refractivity contribution in [3.05, 3.63) is 31.5 Å². The maximum Gasteiger partial charge on any atom is 0.336 e. The Morgan fingerprint density at radius 2 is 1.39 bits per heavy atom. The van der Waals surface area contributed by atoms with Crippen molar-refractivity contribution in [2.45, 2.75) is 53.4 Å². The third kappa shape index (κ3) is 8.63. The van der Waals surface area contributed by atoms with Gasteiger partial charge in [0, 0.05) is 27.7 Å². The van der Waals surface area contributed by atoms with E-state index >= 15 is 0 Å². The van der Waals surface area contributed by atoms with E-state index in [0.29, 0.717) is 30.3 Å². The zero-order valence-corrected chi connectivity index (χ0v) is 23.4. The molecule has 0 atom stereocenters. The Morgan fingerprint density at radius 1 is 0.842 bits per heavy atom. The van der Waals surface area contributed by atoms with Crippen molar-refractivity contribution in [2.24, 2.45) is 5.92 Å². The Morgan fingerprint density at radius 3 is 1.92 bits per heavy atom. The number of anilines is 3. The number of aliphatic hydroxyl groups excluding tert-OH is 1. The Balaban J connectivity index is 2.15. The molecule has 0 aliphatic heterocycles. The van der Waals surface area contributed by atoms with Gasteiger partial charge in [-0.25, -0.2) is 28.1 Å². The van der Waals surface area contributed by atoms with Crippen molar-refractivity contribution in [1.29, 1.82) is 0 Å². The largest absolute Gasteiger partial charge is 0.395 e. The molecule has 214 valence electrons. The molecule has 0 saturated heterocycles. The van der Waals surface area contributed by atoms with Gasteiger partial charge in [-0.2, -0.15) is 15.0 Å². The number of aliphatic hydroxyl groups is 1. The van der Waals surface area contributed by atoms with Crippen LogP contribution in [0.15, 0.2) is 14.4 Å². The molecule has 15 nitrogen and oxygen atoms in total. The first-order valence-corrected chi connectivity index (χ1v) is 12.6. The van der Waals surface area contributed by atoms with E-state index in [4.69, 9.17) is 9.47 Å². The van der Waals surface area contributed by atoms with Crippen LogP contribution in [0, 0.1) is 5.92 Å². The van der Waals surface area contributed by atoms with Gasteiger partial charge in [-0.3, -0.25) is 0 Å². The first kappa shape index (κ1) is 30.9. The summed E-state index contributed by atoms with van der Waals surface area (Å²) in [5.41, 5.74) is -2.35. The molecule has 2 heterocycles. The molecular formula is C23H41N9O6. The topological polar surface area (TPSA) is 162 Å². The highest BCUT2D eigenvalue weighted by atomic mass is 16.5. The van der Waals surface area contributed by atoms with E-state index in [9.17, 15) is 19.5 Å².